The normalized spacial score (nSPS) is 32.9. The van der Waals surface area contributed by atoms with Gasteiger partial charge in [0.1, 0.15) is 5.82 Å². The van der Waals surface area contributed by atoms with Crippen molar-refractivity contribution in [1.29, 1.82) is 0 Å². The van der Waals surface area contributed by atoms with Crippen molar-refractivity contribution < 1.29 is 13.9 Å². The summed E-state index contributed by atoms with van der Waals surface area (Å²) in [5, 5.41) is 0. The van der Waals surface area contributed by atoms with E-state index in [0.29, 0.717) is 17.8 Å². The zero-order valence-corrected chi connectivity index (χ0v) is 13.9. The zero-order valence-electron chi connectivity index (χ0n) is 13.9. The molecule has 1 aliphatic carbocycles. The van der Waals surface area contributed by atoms with Crippen molar-refractivity contribution in [3.8, 4) is 0 Å². The van der Waals surface area contributed by atoms with Gasteiger partial charge in [0.15, 0.2) is 6.29 Å². The van der Waals surface area contributed by atoms with E-state index < -0.39 is 0 Å². The molecule has 1 heterocycles. The van der Waals surface area contributed by atoms with E-state index in [4.69, 9.17) is 9.47 Å². The molecule has 0 atom stereocenters. The minimum atomic E-state index is -0.0648. The molecule has 1 aromatic carbocycles. The van der Waals surface area contributed by atoms with Crippen molar-refractivity contribution >= 4 is 0 Å². The number of aryl methyl sites for hydroxylation is 1. The number of ether oxygens (including phenoxy) is 2. The van der Waals surface area contributed by atoms with Gasteiger partial charge in [0.05, 0.1) is 13.2 Å². The molecular formula is C19H27FO2. The molecule has 3 rings (SSSR count). The Morgan fingerprint density at radius 1 is 1.00 bits per heavy atom. The van der Waals surface area contributed by atoms with Crippen molar-refractivity contribution in [2.75, 3.05) is 13.2 Å². The predicted molar refractivity (Wildman–Crippen MR) is 85.4 cm³/mol. The molecule has 0 radical (unpaired) electrons. The topological polar surface area (TPSA) is 18.5 Å². The fraction of sp³-hybridized carbons (Fsp3) is 0.684. The highest BCUT2D eigenvalue weighted by atomic mass is 19.1. The van der Waals surface area contributed by atoms with Gasteiger partial charge >= 0.3 is 0 Å². The SMILES string of the molecule is Cc1cc(C2CCC(C3OCC(C)CO3)CC2)cc(F)c1C. The lowest BCUT2D eigenvalue weighted by molar-refractivity contribution is -0.226. The zero-order chi connectivity index (χ0) is 15.7. The summed E-state index contributed by atoms with van der Waals surface area (Å²) in [5.74, 6) is 1.42. The Morgan fingerprint density at radius 2 is 1.64 bits per heavy atom. The number of hydrogen-bond donors (Lipinski definition) is 0. The van der Waals surface area contributed by atoms with Crippen molar-refractivity contribution in [1.82, 2.24) is 0 Å². The molecular weight excluding hydrogens is 279 g/mol. The van der Waals surface area contributed by atoms with Crippen LogP contribution in [-0.2, 0) is 9.47 Å². The van der Waals surface area contributed by atoms with E-state index in [1.54, 1.807) is 6.07 Å². The van der Waals surface area contributed by atoms with E-state index in [0.717, 1.165) is 55.6 Å². The second kappa shape index (κ2) is 6.67. The third-order valence-electron chi connectivity index (χ3n) is 5.34. The van der Waals surface area contributed by atoms with Crippen molar-refractivity contribution in [2.45, 2.75) is 58.7 Å². The van der Waals surface area contributed by atoms with Gasteiger partial charge in [-0.25, -0.2) is 4.39 Å². The number of hydrogen-bond acceptors (Lipinski definition) is 2. The first-order valence-electron chi connectivity index (χ1n) is 8.54. The van der Waals surface area contributed by atoms with Gasteiger partial charge in [-0.3, -0.25) is 0 Å². The summed E-state index contributed by atoms with van der Waals surface area (Å²) in [4.78, 5) is 0. The first-order chi connectivity index (χ1) is 10.5. The molecule has 0 aromatic heterocycles. The summed E-state index contributed by atoms with van der Waals surface area (Å²) in [6.07, 6.45) is 4.40. The molecule has 0 amide bonds. The lowest BCUT2D eigenvalue weighted by atomic mass is 9.78. The smallest absolute Gasteiger partial charge is 0.160 e. The second-order valence-electron chi connectivity index (χ2n) is 7.20. The van der Waals surface area contributed by atoms with Gasteiger partial charge in [0.25, 0.3) is 0 Å². The van der Waals surface area contributed by atoms with Crippen LogP contribution in [0, 0.1) is 31.5 Å². The predicted octanol–water partition coefficient (Wildman–Crippen LogP) is 4.73. The minimum absolute atomic E-state index is 0.0198. The maximum absolute atomic E-state index is 14.0. The van der Waals surface area contributed by atoms with Crippen LogP contribution in [0.2, 0.25) is 0 Å². The molecule has 1 saturated heterocycles. The van der Waals surface area contributed by atoms with E-state index in [2.05, 4.69) is 13.0 Å². The molecule has 1 saturated carbocycles. The van der Waals surface area contributed by atoms with Crippen molar-refractivity contribution in [2.24, 2.45) is 11.8 Å². The highest BCUT2D eigenvalue weighted by Crippen LogP contribution is 2.39. The number of halogens is 1. The lowest BCUT2D eigenvalue weighted by Crippen LogP contribution is -2.37. The van der Waals surface area contributed by atoms with Crippen LogP contribution in [0.5, 0.6) is 0 Å². The van der Waals surface area contributed by atoms with E-state index in [1.807, 2.05) is 13.8 Å². The standard InChI is InChI=1S/C19H27FO2/c1-12-10-21-19(22-11-12)16-6-4-15(5-7-16)17-8-13(2)14(3)18(20)9-17/h8-9,12,15-16,19H,4-7,10-11H2,1-3H3. The largest absolute Gasteiger partial charge is 0.352 e. The summed E-state index contributed by atoms with van der Waals surface area (Å²) in [6, 6.07) is 3.90. The van der Waals surface area contributed by atoms with E-state index in [1.165, 1.54) is 0 Å². The monoisotopic (exact) mass is 306 g/mol. The molecule has 22 heavy (non-hydrogen) atoms. The van der Waals surface area contributed by atoms with Crippen LogP contribution in [0.25, 0.3) is 0 Å². The minimum Gasteiger partial charge on any atom is -0.352 e. The van der Waals surface area contributed by atoms with Crippen LogP contribution < -0.4 is 0 Å². The molecule has 0 spiro atoms. The molecule has 1 aromatic rings. The second-order valence-corrected chi connectivity index (χ2v) is 7.20. The third kappa shape index (κ3) is 3.36. The highest BCUT2D eigenvalue weighted by Gasteiger charge is 2.32. The van der Waals surface area contributed by atoms with Gasteiger partial charge in [-0.1, -0.05) is 13.0 Å². The first-order valence-corrected chi connectivity index (χ1v) is 8.54. The summed E-state index contributed by atoms with van der Waals surface area (Å²) in [6.45, 7) is 7.63. The summed E-state index contributed by atoms with van der Waals surface area (Å²) >= 11 is 0. The maximum atomic E-state index is 14.0. The van der Waals surface area contributed by atoms with Crippen LogP contribution in [-0.4, -0.2) is 19.5 Å². The van der Waals surface area contributed by atoms with Crippen molar-refractivity contribution in [3.63, 3.8) is 0 Å². The molecule has 0 bridgehead atoms. The Balaban J connectivity index is 1.60. The van der Waals surface area contributed by atoms with Crippen LogP contribution in [0.3, 0.4) is 0 Å². The van der Waals surface area contributed by atoms with Gasteiger partial charge in [-0.2, -0.15) is 0 Å². The summed E-state index contributed by atoms with van der Waals surface area (Å²) < 4.78 is 25.6. The average molecular weight is 306 g/mol. The Kier molecular flexibility index (Phi) is 4.84. The summed E-state index contributed by atoms with van der Waals surface area (Å²) in [7, 11) is 0. The van der Waals surface area contributed by atoms with E-state index >= 15 is 0 Å². The highest BCUT2D eigenvalue weighted by molar-refractivity contribution is 5.33. The van der Waals surface area contributed by atoms with Gasteiger partial charge in [-0.15, -0.1) is 0 Å². The molecule has 2 nitrogen and oxygen atoms in total. The average Bonchev–Trinajstić information content (AvgIpc) is 2.53. The Morgan fingerprint density at radius 3 is 2.23 bits per heavy atom. The third-order valence-corrected chi connectivity index (χ3v) is 5.34. The number of rotatable bonds is 2. The van der Waals surface area contributed by atoms with Crippen LogP contribution >= 0.6 is 0 Å². The molecule has 122 valence electrons. The van der Waals surface area contributed by atoms with Gasteiger partial charge in [0, 0.05) is 11.8 Å². The Labute approximate surface area is 133 Å². The number of benzene rings is 1. The van der Waals surface area contributed by atoms with Crippen molar-refractivity contribution in [3.05, 3.63) is 34.6 Å². The molecule has 2 aliphatic rings. The first kappa shape index (κ1) is 15.9. The van der Waals surface area contributed by atoms with E-state index in [9.17, 15) is 4.39 Å². The van der Waals surface area contributed by atoms with Crippen LogP contribution in [0.4, 0.5) is 4.39 Å². The Bertz CT molecular complexity index is 489. The summed E-state index contributed by atoms with van der Waals surface area (Å²) in [5.41, 5.74) is 3.00. The van der Waals surface area contributed by atoms with Gasteiger partial charge < -0.3 is 9.47 Å². The maximum Gasteiger partial charge on any atom is 0.160 e. The quantitative estimate of drug-likeness (QED) is 0.786. The van der Waals surface area contributed by atoms with Crippen LogP contribution in [0.15, 0.2) is 12.1 Å². The van der Waals surface area contributed by atoms with Gasteiger partial charge in [-0.05, 0) is 68.2 Å². The molecule has 3 heteroatoms. The fourth-order valence-electron chi connectivity index (χ4n) is 3.69. The fourth-order valence-corrected chi connectivity index (χ4v) is 3.69. The molecule has 2 fully saturated rings. The Hall–Kier alpha value is -0.930. The molecule has 1 aliphatic heterocycles. The lowest BCUT2D eigenvalue weighted by Gasteiger charge is -2.37. The molecule has 0 unspecified atom stereocenters. The molecule has 0 N–H and O–H groups in total. The van der Waals surface area contributed by atoms with Gasteiger partial charge in [0.2, 0.25) is 0 Å². The van der Waals surface area contributed by atoms with Crippen LogP contribution in [0.1, 0.15) is 55.2 Å². The van der Waals surface area contributed by atoms with E-state index in [-0.39, 0.29) is 12.1 Å².